The summed E-state index contributed by atoms with van der Waals surface area (Å²) in [5, 5.41) is 2.95. The van der Waals surface area contributed by atoms with Gasteiger partial charge in [0, 0.05) is 31.3 Å². The molecule has 4 rings (SSSR count). The lowest BCUT2D eigenvalue weighted by atomic mass is 9.97. The number of piperidine rings is 1. The number of amides is 2. The van der Waals surface area contributed by atoms with Crippen LogP contribution in [0.15, 0.2) is 54.6 Å². The standard InChI is InChI=1S/C23H24N2O3/c26-22(11-9-17-8-10-21-18(15-17)12-14-28-21)25-13-4-5-19(16-25)23(27)24-20-6-2-1-3-7-20/h1-3,6-11,15,19H,4-5,12-14,16H2,(H,24,27)/b11-9+. The summed E-state index contributed by atoms with van der Waals surface area (Å²) in [7, 11) is 0. The van der Waals surface area contributed by atoms with E-state index >= 15 is 0 Å². The maximum absolute atomic E-state index is 12.6. The highest BCUT2D eigenvalue weighted by molar-refractivity contribution is 5.95. The van der Waals surface area contributed by atoms with E-state index in [1.807, 2.05) is 48.5 Å². The number of hydrogen-bond acceptors (Lipinski definition) is 3. The van der Waals surface area contributed by atoms with Crippen molar-refractivity contribution in [1.82, 2.24) is 4.90 Å². The van der Waals surface area contributed by atoms with Crippen molar-refractivity contribution in [3.8, 4) is 5.75 Å². The molecule has 0 radical (unpaired) electrons. The number of likely N-dealkylation sites (tertiary alicyclic amines) is 1. The van der Waals surface area contributed by atoms with E-state index in [0.29, 0.717) is 13.1 Å². The fourth-order valence-corrected chi connectivity index (χ4v) is 3.74. The molecule has 1 unspecified atom stereocenters. The van der Waals surface area contributed by atoms with Crippen molar-refractivity contribution in [2.75, 3.05) is 25.0 Å². The number of rotatable bonds is 4. The minimum absolute atomic E-state index is 0.0219. The first-order chi connectivity index (χ1) is 13.7. The topological polar surface area (TPSA) is 58.6 Å². The molecule has 2 amide bonds. The molecule has 0 aliphatic carbocycles. The SMILES string of the molecule is O=C(Nc1ccccc1)C1CCCN(C(=O)/C=C/c2ccc3c(c2)CCO3)C1. The van der Waals surface area contributed by atoms with Crippen molar-refractivity contribution in [3.05, 3.63) is 65.7 Å². The number of nitrogens with one attached hydrogen (secondary N) is 1. The molecule has 5 heteroatoms. The molecule has 0 spiro atoms. The first kappa shape index (κ1) is 18.3. The highest BCUT2D eigenvalue weighted by Gasteiger charge is 2.27. The summed E-state index contributed by atoms with van der Waals surface area (Å²) in [6.07, 6.45) is 6.00. The van der Waals surface area contributed by atoms with Crippen LogP contribution in [0.5, 0.6) is 5.75 Å². The average molecular weight is 376 g/mol. The van der Waals surface area contributed by atoms with Crippen LogP contribution in [0.2, 0.25) is 0 Å². The van der Waals surface area contributed by atoms with Crippen LogP contribution >= 0.6 is 0 Å². The van der Waals surface area contributed by atoms with Gasteiger partial charge in [-0.3, -0.25) is 9.59 Å². The van der Waals surface area contributed by atoms with Crippen molar-refractivity contribution >= 4 is 23.6 Å². The van der Waals surface area contributed by atoms with E-state index < -0.39 is 0 Å². The van der Waals surface area contributed by atoms with E-state index in [1.165, 1.54) is 5.56 Å². The summed E-state index contributed by atoms with van der Waals surface area (Å²) < 4.78 is 5.51. The predicted octanol–water partition coefficient (Wildman–Crippen LogP) is 3.51. The van der Waals surface area contributed by atoms with Gasteiger partial charge in [0.1, 0.15) is 5.75 Å². The number of para-hydroxylation sites is 1. The summed E-state index contributed by atoms with van der Waals surface area (Å²) in [4.78, 5) is 26.9. The van der Waals surface area contributed by atoms with Gasteiger partial charge in [-0.05, 0) is 54.3 Å². The van der Waals surface area contributed by atoms with Gasteiger partial charge in [-0.25, -0.2) is 0 Å². The first-order valence-corrected chi connectivity index (χ1v) is 9.78. The number of ether oxygens (including phenoxy) is 1. The van der Waals surface area contributed by atoms with Gasteiger partial charge in [0.05, 0.1) is 12.5 Å². The van der Waals surface area contributed by atoms with Crippen LogP contribution in [0.4, 0.5) is 5.69 Å². The number of benzene rings is 2. The van der Waals surface area contributed by atoms with Gasteiger partial charge in [-0.15, -0.1) is 0 Å². The first-order valence-electron chi connectivity index (χ1n) is 9.78. The van der Waals surface area contributed by atoms with Crippen LogP contribution in [0.25, 0.3) is 6.08 Å². The van der Waals surface area contributed by atoms with Gasteiger partial charge in [0.2, 0.25) is 11.8 Å². The highest BCUT2D eigenvalue weighted by Crippen LogP contribution is 2.26. The van der Waals surface area contributed by atoms with Gasteiger partial charge >= 0.3 is 0 Å². The molecular formula is C23H24N2O3. The molecule has 1 saturated heterocycles. The number of anilines is 1. The molecule has 0 saturated carbocycles. The molecule has 2 aromatic rings. The Morgan fingerprint density at radius 2 is 2.00 bits per heavy atom. The molecule has 2 aromatic carbocycles. The Hall–Kier alpha value is -3.08. The van der Waals surface area contributed by atoms with Crippen molar-refractivity contribution in [2.24, 2.45) is 5.92 Å². The zero-order valence-electron chi connectivity index (χ0n) is 15.8. The summed E-state index contributed by atoms with van der Waals surface area (Å²) in [5.74, 6) is 0.690. The second-order valence-electron chi connectivity index (χ2n) is 7.28. The molecule has 1 N–H and O–H groups in total. The lowest BCUT2D eigenvalue weighted by molar-refractivity contribution is -0.130. The summed E-state index contributed by atoms with van der Waals surface area (Å²) in [6, 6.07) is 15.4. The number of nitrogens with zero attached hydrogens (tertiary/aromatic N) is 1. The lowest BCUT2D eigenvalue weighted by Crippen LogP contribution is -2.43. The summed E-state index contributed by atoms with van der Waals surface area (Å²) >= 11 is 0. The second-order valence-corrected chi connectivity index (χ2v) is 7.28. The van der Waals surface area contributed by atoms with E-state index in [-0.39, 0.29) is 17.7 Å². The van der Waals surface area contributed by atoms with Gasteiger partial charge in [-0.1, -0.05) is 24.3 Å². The van der Waals surface area contributed by atoms with Crippen molar-refractivity contribution in [2.45, 2.75) is 19.3 Å². The molecular weight excluding hydrogens is 352 g/mol. The molecule has 2 heterocycles. The van der Waals surface area contributed by atoms with Crippen LogP contribution in [0, 0.1) is 5.92 Å². The van der Waals surface area contributed by atoms with Gasteiger partial charge in [0.25, 0.3) is 0 Å². The van der Waals surface area contributed by atoms with Crippen LogP contribution in [0.3, 0.4) is 0 Å². The number of carbonyl (C=O) groups is 2. The van der Waals surface area contributed by atoms with E-state index in [4.69, 9.17) is 4.74 Å². The van der Waals surface area contributed by atoms with Crippen LogP contribution in [-0.4, -0.2) is 36.4 Å². The quantitative estimate of drug-likeness (QED) is 0.831. The largest absolute Gasteiger partial charge is 0.493 e. The Morgan fingerprint density at radius 1 is 1.14 bits per heavy atom. The molecule has 28 heavy (non-hydrogen) atoms. The molecule has 1 atom stereocenters. The van der Waals surface area contributed by atoms with Gasteiger partial charge < -0.3 is 15.0 Å². The Balaban J connectivity index is 1.36. The predicted molar refractivity (Wildman–Crippen MR) is 109 cm³/mol. The van der Waals surface area contributed by atoms with E-state index in [2.05, 4.69) is 11.4 Å². The summed E-state index contributed by atoms with van der Waals surface area (Å²) in [6.45, 7) is 1.87. The monoisotopic (exact) mass is 376 g/mol. The van der Waals surface area contributed by atoms with E-state index in [1.54, 1.807) is 11.0 Å². The van der Waals surface area contributed by atoms with Crippen molar-refractivity contribution in [1.29, 1.82) is 0 Å². The Bertz CT molecular complexity index is 892. The summed E-state index contributed by atoms with van der Waals surface area (Å²) in [5.41, 5.74) is 2.97. The Morgan fingerprint density at radius 3 is 2.86 bits per heavy atom. The molecule has 0 bridgehead atoms. The fraction of sp³-hybridized carbons (Fsp3) is 0.304. The molecule has 2 aliphatic heterocycles. The zero-order chi connectivity index (χ0) is 19.3. The maximum Gasteiger partial charge on any atom is 0.246 e. The third kappa shape index (κ3) is 4.25. The van der Waals surface area contributed by atoms with Crippen molar-refractivity contribution in [3.63, 3.8) is 0 Å². The Labute approximate surface area is 165 Å². The second kappa shape index (κ2) is 8.30. The lowest BCUT2D eigenvalue weighted by Gasteiger charge is -2.31. The number of carbonyl (C=O) groups excluding carboxylic acids is 2. The van der Waals surface area contributed by atoms with Crippen LogP contribution < -0.4 is 10.1 Å². The average Bonchev–Trinajstić information content (AvgIpc) is 3.20. The number of fused-ring (bicyclic) bond motifs is 1. The highest BCUT2D eigenvalue weighted by atomic mass is 16.5. The van der Waals surface area contributed by atoms with Crippen LogP contribution in [0.1, 0.15) is 24.0 Å². The third-order valence-electron chi connectivity index (χ3n) is 5.28. The van der Waals surface area contributed by atoms with E-state index in [9.17, 15) is 9.59 Å². The zero-order valence-corrected chi connectivity index (χ0v) is 15.8. The minimum Gasteiger partial charge on any atom is -0.493 e. The van der Waals surface area contributed by atoms with Crippen molar-refractivity contribution < 1.29 is 14.3 Å². The maximum atomic E-state index is 12.6. The normalized spacial score (nSPS) is 18.6. The number of hydrogen-bond donors (Lipinski definition) is 1. The smallest absolute Gasteiger partial charge is 0.246 e. The fourth-order valence-electron chi connectivity index (χ4n) is 3.74. The van der Waals surface area contributed by atoms with Crippen LogP contribution in [-0.2, 0) is 16.0 Å². The molecule has 5 nitrogen and oxygen atoms in total. The minimum atomic E-state index is -0.177. The van der Waals surface area contributed by atoms with Gasteiger partial charge in [-0.2, -0.15) is 0 Å². The Kier molecular flexibility index (Phi) is 5.42. The third-order valence-corrected chi connectivity index (χ3v) is 5.28. The molecule has 2 aliphatic rings. The molecule has 0 aromatic heterocycles. The van der Waals surface area contributed by atoms with E-state index in [0.717, 1.165) is 42.9 Å². The molecule has 144 valence electrons. The van der Waals surface area contributed by atoms with Gasteiger partial charge in [0.15, 0.2) is 0 Å². The molecule has 1 fully saturated rings.